The maximum Gasteiger partial charge on any atom is 0.229 e. The highest BCUT2D eigenvalue weighted by Gasteiger charge is 2.08. The number of hydrogen-bond donors (Lipinski definition) is 3. The van der Waals surface area contributed by atoms with Gasteiger partial charge >= 0.3 is 0 Å². The summed E-state index contributed by atoms with van der Waals surface area (Å²) in [5.74, 6) is 1.96. The van der Waals surface area contributed by atoms with Gasteiger partial charge in [0.1, 0.15) is 24.3 Å². The number of aromatic nitrogens is 2. The Labute approximate surface area is 171 Å². The fraction of sp³-hybridized carbons (Fsp3) is 0.273. The van der Waals surface area contributed by atoms with Crippen molar-refractivity contribution in [3.05, 3.63) is 66.4 Å². The number of ether oxygens (including phenoxy) is 1. The molecule has 0 aliphatic rings. The molecule has 0 aliphatic heterocycles. The Kier molecular flexibility index (Phi) is 6.99. The first-order valence-corrected chi connectivity index (χ1v) is 9.48. The van der Waals surface area contributed by atoms with Crippen LogP contribution in [0.4, 0.5) is 23.1 Å². The third-order valence-corrected chi connectivity index (χ3v) is 4.14. The van der Waals surface area contributed by atoms with E-state index in [2.05, 4.69) is 20.6 Å². The molecule has 1 heterocycles. The molecule has 2 aromatic carbocycles. The molecule has 29 heavy (non-hydrogen) atoms. The quantitative estimate of drug-likeness (QED) is 0.513. The summed E-state index contributed by atoms with van der Waals surface area (Å²) >= 11 is 0. The number of aryl methyl sites for hydroxylation is 1. The average Bonchev–Trinajstić information content (AvgIpc) is 2.70. The van der Waals surface area contributed by atoms with E-state index in [9.17, 15) is 5.11 Å². The molecule has 0 saturated heterocycles. The van der Waals surface area contributed by atoms with Crippen LogP contribution in [0.3, 0.4) is 0 Å². The van der Waals surface area contributed by atoms with Crippen LogP contribution >= 0.6 is 0 Å². The van der Waals surface area contributed by atoms with Gasteiger partial charge in [0.2, 0.25) is 5.95 Å². The Morgan fingerprint density at radius 1 is 1.00 bits per heavy atom. The normalized spacial score (nSPS) is 11.9. The summed E-state index contributed by atoms with van der Waals surface area (Å²) in [6.45, 7) is 2.77. The molecule has 0 spiro atoms. The molecule has 3 rings (SSSR count). The largest absolute Gasteiger partial charge is 0.491 e. The Balaban J connectivity index is 1.60. The van der Waals surface area contributed by atoms with Crippen LogP contribution in [0.1, 0.15) is 5.56 Å². The second kappa shape index (κ2) is 9.86. The van der Waals surface area contributed by atoms with E-state index >= 15 is 0 Å². The van der Waals surface area contributed by atoms with Crippen molar-refractivity contribution in [2.24, 2.45) is 0 Å². The first-order valence-electron chi connectivity index (χ1n) is 9.48. The van der Waals surface area contributed by atoms with Gasteiger partial charge in [-0.2, -0.15) is 4.98 Å². The second-order valence-corrected chi connectivity index (χ2v) is 7.09. The molecule has 0 radical (unpaired) electrons. The lowest BCUT2D eigenvalue weighted by molar-refractivity contribution is 0.0831. The number of nitrogens with one attached hydrogen (secondary N) is 2. The monoisotopic (exact) mass is 393 g/mol. The number of benzene rings is 2. The van der Waals surface area contributed by atoms with Gasteiger partial charge in [-0.15, -0.1) is 0 Å². The lowest BCUT2D eigenvalue weighted by atomic mass is 10.3. The number of hydrogen-bond acceptors (Lipinski definition) is 7. The van der Waals surface area contributed by atoms with E-state index in [1.165, 1.54) is 0 Å². The lowest BCUT2D eigenvalue weighted by Crippen LogP contribution is -2.30. The molecule has 7 nitrogen and oxygen atoms in total. The predicted molar refractivity (Wildman–Crippen MR) is 116 cm³/mol. The van der Waals surface area contributed by atoms with E-state index in [0.29, 0.717) is 18.2 Å². The highest BCUT2D eigenvalue weighted by Crippen LogP contribution is 2.22. The van der Waals surface area contributed by atoms with E-state index in [-0.39, 0.29) is 6.61 Å². The fourth-order valence-electron chi connectivity index (χ4n) is 2.72. The van der Waals surface area contributed by atoms with Crippen LogP contribution in [0.25, 0.3) is 0 Å². The molecule has 0 amide bonds. The second-order valence-electron chi connectivity index (χ2n) is 7.09. The Hall–Kier alpha value is -3.16. The van der Waals surface area contributed by atoms with Crippen molar-refractivity contribution in [2.45, 2.75) is 13.0 Å². The minimum Gasteiger partial charge on any atom is -0.491 e. The number of likely N-dealkylation sites (N-methyl/N-ethyl adjacent to an activating group) is 1. The molecule has 1 aromatic heterocycles. The molecule has 0 saturated carbocycles. The molecule has 1 unspecified atom stereocenters. The third-order valence-electron chi connectivity index (χ3n) is 4.14. The first kappa shape index (κ1) is 20.6. The van der Waals surface area contributed by atoms with E-state index in [1.807, 2.05) is 80.5 Å². The third kappa shape index (κ3) is 6.44. The van der Waals surface area contributed by atoms with E-state index in [4.69, 9.17) is 4.74 Å². The molecule has 3 N–H and O–H groups in total. The minimum atomic E-state index is -0.528. The van der Waals surface area contributed by atoms with Crippen LogP contribution in [-0.2, 0) is 0 Å². The highest BCUT2D eigenvalue weighted by atomic mass is 16.5. The molecular formula is C22H27N5O2. The van der Waals surface area contributed by atoms with Crippen LogP contribution < -0.4 is 15.4 Å². The molecule has 0 fully saturated rings. The predicted octanol–water partition coefficient (Wildman–Crippen LogP) is 3.57. The number of aliphatic hydroxyl groups excluding tert-OH is 1. The topological polar surface area (TPSA) is 82.5 Å². The standard InChI is InChI=1S/C22H27N5O2/c1-16-13-23-22(26-21(16)24-17-7-5-4-6-8-17)25-18-9-11-20(12-10-18)29-15-19(28)14-27(2)3/h4-13,19,28H,14-15H2,1-3H3,(H2,23,24,25,26). The highest BCUT2D eigenvalue weighted by molar-refractivity contribution is 5.62. The van der Waals surface area contributed by atoms with Gasteiger partial charge in [-0.05, 0) is 57.4 Å². The van der Waals surface area contributed by atoms with Crippen LogP contribution in [0.5, 0.6) is 5.75 Å². The van der Waals surface area contributed by atoms with Crippen molar-refractivity contribution in [1.82, 2.24) is 14.9 Å². The van der Waals surface area contributed by atoms with Crippen LogP contribution in [0, 0.1) is 6.92 Å². The lowest BCUT2D eigenvalue weighted by Gasteiger charge is -2.16. The molecule has 7 heteroatoms. The Morgan fingerprint density at radius 3 is 2.38 bits per heavy atom. The van der Waals surface area contributed by atoms with Crippen LogP contribution in [-0.4, -0.2) is 53.3 Å². The van der Waals surface area contributed by atoms with Crippen molar-refractivity contribution in [1.29, 1.82) is 0 Å². The summed E-state index contributed by atoms with van der Waals surface area (Å²) < 4.78 is 5.63. The van der Waals surface area contributed by atoms with Gasteiger partial charge in [-0.3, -0.25) is 0 Å². The first-order chi connectivity index (χ1) is 14.0. The summed E-state index contributed by atoms with van der Waals surface area (Å²) in [4.78, 5) is 10.8. The summed E-state index contributed by atoms with van der Waals surface area (Å²) in [6.07, 6.45) is 1.25. The van der Waals surface area contributed by atoms with Crippen LogP contribution in [0.15, 0.2) is 60.8 Å². The Bertz CT molecular complexity index is 901. The zero-order chi connectivity index (χ0) is 20.6. The minimum absolute atomic E-state index is 0.251. The summed E-state index contributed by atoms with van der Waals surface area (Å²) in [5, 5.41) is 16.4. The van der Waals surface area contributed by atoms with Crippen molar-refractivity contribution in [2.75, 3.05) is 37.9 Å². The van der Waals surface area contributed by atoms with E-state index < -0.39 is 6.10 Å². The molecule has 1 atom stereocenters. The number of nitrogens with zero attached hydrogens (tertiary/aromatic N) is 3. The van der Waals surface area contributed by atoms with E-state index in [0.717, 1.165) is 22.8 Å². The number of aliphatic hydroxyl groups is 1. The van der Waals surface area contributed by atoms with Crippen molar-refractivity contribution in [3.8, 4) is 5.75 Å². The van der Waals surface area contributed by atoms with Crippen molar-refractivity contribution in [3.63, 3.8) is 0 Å². The smallest absolute Gasteiger partial charge is 0.229 e. The molecular weight excluding hydrogens is 366 g/mol. The molecule has 0 bridgehead atoms. The number of anilines is 4. The van der Waals surface area contributed by atoms with Gasteiger partial charge in [0.25, 0.3) is 0 Å². The van der Waals surface area contributed by atoms with Crippen molar-refractivity contribution >= 4 is 23.1 Å². The molecule has 0 aliphatic carbocycles. The number of para-hydroxylation sites is 1. The van der Waals surface area contributed by atoms with Gasteiger partial charge in [0.05, 0.1) is 0 Å². The molecule has 152 valence electrons. The van der Waals surface area contributed by atoms with Gasteiger partial charge in [0.15, 0.2) is 0 Å². The number of rotatable bonds is 9. The van der Waals surface area contributed by atoms with Crippen LogP contribution in [0.2, 0.25) is 0 Å². The van der Waals surface area contributed by atoms with Gasteiger partial charge < -0.3 is 25.4 Å². The zero-order valence-corrected chi connectivity index (χ0v) is 17.0. The van der Waals surface area contributed by atoms with E-state index in [1.54, 1.807) is 6.20 Å². The maximum atomic E-state index is 9.88. The summed E-state index contributed by atoms with van der Waals surface area (Å²) in [7, 11) is 3.83. The van der Waals surface area contributed by atoms with Crippen molar-refractivity contribution < 1.29 is 9.84 Å². The Morgan fingerprint density at radius 2 is 1.69 bits per heavy atom. The SMILES string of the molecule is Cc1cnc(Nc2ccc(OCC(O)CN(C)C)cc2)nc1Nc1ccccc1. The fourth-order valence-corrected chi connectivity index (χ4v) is 2.72. The summed E-state index contributed by atoms with van der Waals surface area (Å²) in [5.41, 5.74) is 2.78. The zero-order valence-electron chi connectivity index (χ0n) is 17.0. The van der Waals surface area contributed by atoms with Gasteiger partial charge in [-0.1, -0.05) is 18.2 Å². The van der Waals surface area contributed by atoms with Gasteiger partial charge in [0, 0.05) is 29.7 Å². The maximum absolute atomic E-state index is 9.88. The van der Waals surface area contributed by atoms with Gasteiger partial charge in [-0.25, -0.2) is 4.98 Å². The average molecular weight is 393 g/mol. The summed E-state index contributed by atoms with van der Waals surface area (Å²) in [6, 6.07) is 17.4. The molecule has 3 aromatic rings.